The first-order valence-electron chi connectivity index (χ1n) is 7.84. The number of nitro groups is 1. The molecule has 0 saturated carbocycles. The minimum Gasteiger partial charge on any atom is -0.462 e. The molecule has 0 spiro atoms. The quantitative estimate of drug-likeness (QED) is 0.237. The van der Waals surface area contributed by atoms with E-state index in [9.17, 15) is 14.9 Å². The number of nitrogens with zero attached hydrogens (tertiary/aromatic N) is 1. The van der Waals surface area contributed by atoms with E-state index in [1.165, 1.54) is 0 Å². The number of nitrogens with one attached hydrogen (secondary N) is 1. The van der Waals surface area contributed by atoms with Crippen molar-refractivity contribution in [1.29, 1.82) is 0 Å². The topological polar surface area (TPSA) is 81.5 Å². The Morgan fingerprint density at radius 2 is 2.04 bits per heavy atom. The van der Waals surface area contributed by atoms with Crippen LogP contribution in [0.25, 0.3) is 0 Å². The van der Waals surface area contributed by atoms with E-state index in [1.807, 2.05) is 0 Å². The van der Waals surface area contributed by atoms with E-state index in [1.54, 1.807) is 32.0 Å². The van der Waals surface area contributed by atoms with Crippen LogP contribution in [0.1, 0.15) is 31.7 Å². The molecule has 0 amide bonds. The molecule has 0 aromatic heterocycles. The Balaban J connectivity index is 2.60. The van der Waals surface area contributed by atoms with E-state index in [2.05, 4.69) is 17.9 Å². The van der Waals surface area contributed by atoms with Gasteiger partial charge in [-0.1, -0.05) is 35.3 Å². The van der Waals surface area contributed by atoms with E-state index in [4.69, 9.17) is 27.9 Å². The van der Waals surface area contributed by atoms with Crippen molar-refractivity contribution < 1.29 is 14.5 Å². The smallest absolute Gasteiger partial charge is 0.336 e. The molecule has 0 radical (unpaired) electrons. The number of rotatable bonds is 6. The summed E-state index contributed by atoms with van der Waals surface area (Å²) in [5.41, 5.74) is 1.17. The molecule has 1 heterocycles. The Morgan fingerprint density at radius 1 is 1.35 bits per heavy atom. The Labute approximate surface area is 166 Å². The van der Waals surface area contributed by atoms with Crippen LogP contribution in [0, 0.1) is 10.1 Å². The average molecular weight is 417 g/mol. The van der Waals surface area contributed by atoms with Crippen LogP contribution >= 0.6 is 35.8 Å². The first-order chi connectivity index (χ1) is 12.3. The van der Waals surface area contributed by atoms with Crippen LogP contribution in [-0.2, 0) is 9.53 Å². The highest BCUT2D eigenvalue weighted by Gasteiger charge is 2.42. The third-order valence-corrected chi connectivity index (χ3v) is 5.12. The van der Waals surface area contributed by atoms with Crippen LogP contribution in [0.2, 0.25) is 10.0 Å². The van der Waals surface area contributed by atoms with E-state index in [0.717, 1.165) is 0 Å². The standard InChI is InChI=1S/C17H18Cl2N2O4S/c1-9-13(17(22)25-7-4-8-26)14(16(21(23)24)10(2)20-9)11-5-3-6-12(18)15(11)19/h3,5-6,14,20,26H,4,7-8H2,1-2H3. The van der Waals surface area contributed by atoms with Crippen molar-refractivity contribution in [3.63, 3.8) is 0 Å². The SMILES string of the molecule is CC1=C(C(=O)OCCCS)C(c2cccc(Cl)c2Cl)C([N+](=O)[O-])=C(C)N1. The van der Waals surface area contributed by atoms with Crippen LogP contribution in [0.3, 0.4) is 0 Å². The maximum Gasteiger partial charge on any atom is 0.336 e. The molecule has 1 atom stereocenters. The molecule has 0 bridgehead atoms. The minimum absolute atomic E-state index is 0.144. The van der Waals surface area contributed by atoms with Crippen molar-refractivity contribution in [1.82, 2.24) is 5.32 Å². The Kier molecular flexibility index (Phi) is 6.97. The molecule has 6 nitrogen and oxygen atoms in total. The van der Waals surface area contributed by atoms with Crippen molar-refractivity contribution in [3.05, 3.63) is 66.6 Å². The summed E-state index contributed by atoms with van der Waals surface area (Å²) in [5.74, 6) is -1.06. The molecule has 140 valence electrons. The lowest BCUT2D eigenvalue weighted by Crippen LogP contribution is -2.32. The van der Waals surface area contributed by atoms with Crippen LogP contribution < -0.4 is 5.32 Å². The van der Waals surface area contributed by atoms with E-state index in [-0.39, 0.29) is 27.9 Å². The molecule has 1 aromatic rings. The van der Waals surface area contributed by atoms with Crippen molar-refractivity contribution in [3.8, 4) is 0 Å². The number of dihydropyridines is 1. The highest BCUT2D eigenvalue weighted by atomic mass is 35.5. The van der Waals surface area contributed by atoms with Crippen LogP contribution in [0.5, 0.6) is 0 Å². The summed E-state index contributed by atoms with van der Waals surface area (Å²) in [6.45, 7) is 3.42. The number of benzene rings is 1. The molecule has 1 unspecified atom stereocenters. The summed E-state index contributed by atoms with van der Waals surface area (Å²) in [7, 11) is 0. The summed E-state index contributed by atoms with van der Waals surface area (Å²) < 4.78 is 5.27. The van der Waals surface area contributed by atoms with Gasteiger partial charge < -0.3 is 10.1 Å². The van der Waals surface area contributed by atoms with Gasteiger partial charge in [0.25, 0.3) is 5.70 Å². The maximum absolute atomic E-state index is 12.7. The number of halogens is 2. The summed E-state index contributed by atoms with van der Waals surface area (Å²) in [4.78, 5) is 23.9. The molecular weight excluding hydrogens is 399 g/mol. The zero-order chi connectivity index (χ0) is 19.4. The average Bonchev–Trinajstić information content (AvgIpc) is 2.56. The van der Waals surface area contributed by atoms with Gasteiger partial charge in [0.15, 0.2) is 0 Å². The van der Waals surface area contributed by atoms with Crippen molar-refractivity contribution in [2.45, 2.75) is 26.2 Å². The van der Waals surface area contributed by atoms with Gasteiger partial charge in [-0.2, -0.15) is 12.6 Å². The maximum atomic E-state index is 12.7. The third kappa shape index (κ3) is 4.16. The van der Waals surface area contributed by atoms with Crippen LogP contribution in [0.15, 0.2) is 40.9 Å². The van der Waals surface area contributed by atoms with Crippen molar-refractivity contribution >= 4 is 41.8 Å². The van der Waals surface area contributed by atoms with Crippen molar-refractivity contribution in [2.24, 2.45) is 0 Å². The fourth-order valence-corrected chi connectivity index (χ4v) is 3.40. The lowest BCUT2D eigenvalue weighted by molar-refractivity contribution is -0.431. The monoisotopic (exact) mass is 416 g/mol. The lowest BCUT2D eigenvalue weighted by atomic mass is 9.84. The zero-order valence-electron chi connectivity index (χ0n) is 14.2. The van der Waals surface area contributed by atoms with E-state index >= 15 is 0 Å². The molecule has 1 aliphatic rings. The molecular formula is C17H18Cl2N2O4S. The summed E-state index contributed by atoms with van der Waals surface area (Å²) >= 11 is 16.5. The highest BCUT2D eigenvalue weighted by Crippen LogP contribution is 2.43. The molecule has 0 saturated heterocycles. The molecule has 9 heteroatoms. The van der Waals surface area contributed by atoms with Gasteiger partial charge in [0.2, 0.25) is 0 Å². The molecule has 0 aliphatic carbocycles. The van der Waals surface area contributed by atoms with E-state index in [0.29, 0.717) is 29.1 Å². The largest absolute Gasteiger partial charge is 0.462 e. The second-order valence-corrected chi connectivity index (χ2v) is 6.95. The molecule has 2 rings (SSSR count). The van der Waals surface area contributed by atoms with Gasteiger partial charge in [0, 0.05) is 5.70 Å². The number of esters is 1. The normalized spacial score (nSPS) is 17.2. The van der Waals surface area contributed by atoms with Gasteiger partial charge in [-0.3, -0.25) is 10.1 Å². The van der Waals surface area contributed by atoms with Gasteiger partial charge in [0.1, 0.15) is 5.92 Å². The Bertz CT molecular complexity index is 808. The fourth-order valence-electron chi connectivity index (χ4n) is 2.85. The second kappa shape index (κ2) is 8.79. The van der Waals surface area contributed by atoms with Gasteiger partial charge in [-0.15, -0.1) is 0 Å². The molecule has 1 N–H and O–H groups in total. The number of hydrogen-bond donors (Lipinski definition) is 2. The van der Waals surface area contributed by atoms with Crippen LogP contribution in [-0.4, -0.2) is 23.3 Å². The number of allylic oxidation sites excluding steroid dienone is 3. The highest BCUT2D eigenvalue weighted by molar-refractivity contribution is 7.80. The summed E-state index contributed by atoms with van der Waals surface area (Å²) in [5, 5.41) is 15.0. The number of thiol groups is 1. The minimum atomic E-state index is -0.985. The predicted molar refractivity (Wildman–Crippen MR) is 104 cm³/mol. The lowest BCUT2D eigenvalue weighted by Gasteiger charge is -2.27. The first-order valence-corrected chi connectivity index (χ1v) is 9.23. The van der Waals surface area contributed by atoms with Crippen molar-refractivity contribution in [2.75, 3.05) is 12.4 Å². The zero-order valence-corrected chi connectivity index (χ0v) is 16.6. The molecule has 26 heavy (non-hydrogen) atoms. The molecule has 0 fully saturated rings. The van der Waals surface area contributed by atoms with Gasteiger partial charge in [-0.05, 0) is 37.7 Å². The summed E-state index contributed by atoms with van der Waals surface area (Å²) in [6, 6.07) is 4.84. The van der Waals surface area contributed by atoms with Gasteiger partial charge in [-0.25, -0.2) is 4.79 Å². The third-order valence-electron chi connectivity index (χ3n) is 3.97. The number of carbonyl (C=O) groups excluding carboxylic acids is 1. The fraction of sp³-hybridized carbons (Fsp3) is 0.353. The molecule has 1 aliphatic heterocycles. The number of ether oxygens (including phenoxy) is 1. The second-order valence-electron chi connectivity index (χ2n) is 5.72. The Hall–Kier alpha value is -1.70. The number of carbonyl (C=O) groups is 1. The van der Waals surface area contributed by atoms with Gasteiger partial charge in [0.05, 0.1) is 32.8 Å². The molecule has 1 aromatic carbocycles. The van der Waals surface area contributed by atoms with Crippen LogP contribution in [0.4, 0.5) is 0 Å². The number of hydrogen-bond acceptors (Lipinski definition) is 6. The predicted octanol–water partition coefficient (Wildman–Crippen LogP) is 4.33. The summed E-state index contributed by atoms with van der Waals surface area (Å²) in [6.07, 6.45) is 0.578. The Morgan fingerprint density at radius 3 is 2.65 bits per heavy atom. The first kappa shape index (κ1) is 20.6. The van der Waals surface area contributed by atoms with E-state index < -0.39 is 16.8 Å². The van der Waals surface area contributed by atoms with Gasteiger partial charge >= 0.3 is 5.97 Å².